The largest absolute Gasteiger partial charge is 0.348 e. The lowest BCUT2D eigenvalue weighted by Crippen LogP contribution is -2.43. The lowest BCUT2D eigenvalue weighted by Gasteiger charge is -2.34. The molecule has 0 fully saturated rings. The maximum Gasteiger partial charge on any atom is 0.286 e. The fourth-order valence-corrected chi connectivity index (χ4v) is 2.96. The molecule has 3 aromatic rings. The third-order valence-corrected chi connectivity index (χ3v) is 4.14. The van der Waals surface area contributed by atoms with Gasteiger partial charge in [-0.1, -0.05) is 0 Å². The summed E-state index contributed by atoms with van der Waals surface area (Å²) in [6, 6.07) is 3.87. The summed E-state index contributed by atoms with van der Waals surface area (Å²) < 4.78 is 3.29. The highest BCUT2D eigenvalue weighted by Crippen LogP contribution is 2.26. The van der Waals surface area contributed by atoms with Crippen molar-refractivity contribution >= 4 is 11.7 Å². The monoisotopic (exact) mass is 298 g/mol. The molecule has 1 unspecified atom stereocenters. The Hall–Kier alpha value is -2.90. The Morgan fingerprint density at radius 1 is 1.36 bits per heavy atom. The summed E-state index contributed by atoms with van der Waals surface area (Å²) in [5, 5.41) is 2.66. The third kappa shape index (κ3) is 1.70. The summed E-state index contributed by atoms with van der Waals surface area (Å²) in [6.07, 6.45) is 4.68. The average molecular weight is 298 g/mol. The highest BCUT2D eigenvalue weighted by Gasteiger charge is 2.30. The number of amides is 1. The molecule has 1 aliphatic heterocycles. The predicted molar refractivity (Wildman–Crippen MR) is 77.5 cm³/mol. The van der Waals surface area contributed by atoms with E-state index in [-0.39, 0.29) is 23.3 Å². The molecule has 8 heteroatoms. The summed E-state index contributed by atoms with van der Waals surface area (Å²) in [5.74, 6) is -0.0523. The summed E-state index contributed by atoms with van der Waals surface area (Å²) in [5.41, 5.74) is 0.685. The Morgan fingerprint density at radius 2 is 2.23 bits per heavy atom. The Balaban J connectivity index is 1.75. The van der Waals surface area contributed by atoms with Gasteiger partial charge in [-0.15, -0.1) is 0 Å². The highest BCUT2D eigenvalue weighted by molar-refractivity contribution is 5.94. The van der Waals surface area contributed by atoms with Crippen LogP contribution < -0.4 is 5.56 Å². The Morgan fingerprint density at radius 3 is 3.09 bits per heavy atom. The molecular weight excluding hydrogens is 284 g/mol. The Labute approximate surface area is 125 Å². The fourth-order valence-electron chi connectivity index (χ4n) is 2.96. The van der Waals surface area contributed by atoms with Gasteiger partial charge in [0.1, 0.15) is 11.9 Å². The summed E-state index contributed by atoms with van der Waals surface area (Å²) in [6.45, 7) is 3.24. The van der Waals surface area contributed by atoms with Crippen LogP contribution in [0.4, 0.5) is 0 Å². The molecule has 0 saturated carbocycles. The van der Waals surface area contributed by atoms with Gasteiger partial charge in [-0.3, -0.25) is 14.7 Å². The molecule has 3 aromatic heterocycles. The molecule has 22 heavy (non-hydrogen) atoms. The van der Waals surface area contributed by atoms with Crippen LogP contribution in [-0.4, -0.2) is 41.5 Å². The first-order valence-electron chi connectivity index (χ1n) is 7.04. The van der Waals surface area contributed by atoms with Gasteiger partial charge in [-0.05, 0) is 19.1 Å². The van der Waals surface area contributed by atoms with Gasteiger partial charge in [0, 0.05) is 31.2 Å². The number of aromatic amines is 1. The van der Waals surface area contributed by atoms with E-state index < -0.39 is 5.56 Å². The van der Waals surface area contributed by atoms with E-state index in [1.54, 1.807) is 4.90 Å². The summed E-state index contributed by atoms with van der Waals surface area (Å²) >= 11 is 0. The number of nitrogens with zero attached hydrogens (tertiary/aromatic N) is 5. The zero-order chi connectivity index (χ0) is 15.3. The van der Waals surface area contributed by atoms with Gasteiger partial charge in [0.2, 0.25) is 0 Å². The van der Waals surface area contributed by atoms with Crippen molar-refractivity contribution in [2.24, 2.45) is 0 Å². The van der Waals surface area contributed by atoms with E-state index in [4.69, 9.17) is 0 Å². The second-order valence-corrected chi connectivity index (χ2v) is 5.30. The second-order valence-electron chi connectivity index (χ2n) is 5.30. The van der Waals surface area contributed by atoms with Crippen molar-refractivity contribution in [1.29, 1.82) is 0 Å². The van der Waals surface area contributed by atoms with Crippen LogP contribution in [-0.2, 0) is 6.54 Å². The van der Waals surface area contributed by atoms with E-state index in [1.165, 1.54) is 17.0 Å². The smallest absolute Gasteiger partial charge is 0.286 e. The molecule has 0 bridgehead atoms. The quantitative estimate of drug-likeness (QED) is 0.706. The highest BCUT2D eigenvalue weighted by atomic mass is 16.2. The molecule has 0 spiro atoms. The van der Waals surface area contributed by atoms with Crippen molar-refractivity contribution in [3.8, 4) is 0 Å². The molecule has 0 radical (unpaired) electrons. The second kappa shape index (κ2) is 4.55. The third-order valence-electron chi connectivity index (χ3n) is 4.14. The predicted octanol–water partition coefficient (Wildman–Crippen LogP) is 0.436. The van der Waals surface area contributed by atoms with Gasteiger partial charge in [0.15, 0.2) is 0 Å². The van der Waals surface area contributed by atoms with Crippen LogP contribution in [0.1, 0.15) is 29.0 Å². The molecule has 1 atom stereocenters. The van der Waals surface area contributed by atoms with E-state index in [9.17, 15) is 9.59 Å². The Bertz CT molecular complexity index is 921. The number of hydrogen-bond donors (Lipinski definition) is 1. The zero-order valence-corrected chi connectivity index (χ0v) is 11.9. The maximum atomic E-state index is 12.8. The van der Waals surface area contributed by atoms with E-state index in [1.807, 2.05) is 25.3 Å². The van der Waals surface area contributed by atoms with Gasteiger partial charge >= 0.3 is 0 Å². The van der Waals surface area contributed by atoms with Crippen molar-refractivity contribution in [2.75, 3.05) is 6.54 Å². The van der Waals surface area contributed by atoms with Crippen molar-refractivity contribution in [3.05, 3.63) is 52.5 Å². The number of carbonyl (C=O) groups excluding carboxylic acids is 1. The molecule has 112 valence electrons. The minimum atomic E-state index is -0.430. The van der Waals surface area contributed by atoms with Crippen molar-refractivity contribution in [1.82, 2.24) is 29.0 Å². The molecule has 0 aromatic carbocycles. The zero-order valence-electron chi connectivity index (χ0n) is 11.9. The van der Waals surface area contributed by atoms with Crippen LogP contribution in [0.3, 0.4) is 0 Å². The van der Waals surface area contributed by atoms with E-state index in [2.05, 4.69) is 19.6 Å². The number of fused-ring (bicyclic) bond motifs is 2. The summed E-state index contributed by atoms with van der Waals surface area (Å²) in [7, 11) is 0. The van der Waals surface area contributed by atoms with Crippen LogP contribution in [0.25, 0.3) is 5.78 Å². The molecule has 1 aliphatic rings. The van der Waals surface area contributed by atoms with E-state index >= 15 is 0 Å². The molecule has 0 aliphatic carbocycles. The van der Waals surface area contributed by atoms with Crippen molar-refractivity contribution < 1.29 is 4.79 Å². The first-order chi connectivity index (χ1) is 10.7. The maximum absolute atomic E-state index is 12.8. The van der Waals surface area contributed by atoms with Gasteiger partial charge in [-0.25, -0.2) is 9.97 Å². The van der Waals surface area contributed by atoms with Crippen LogP contribution in [0, 0.1) is 0 Å². The standard InChI is InChI=1S/C14H14N6O2/c1-9-11-3-2-4-18(11)5-6-19(9)12(21)10-7-15-14-16-8-17-20(14)13(10)22/h2-4,7-9H,5-6H2,1H3,(H,15,16,17). The summed E-state index contributed by atoms with van der Waals surface area (Å²) in [4.78, 5) is 34.8. The van der Waals surface area contributed by atoms with Crippen LogP contribution in [0.2, 0.25) is 0 Å². The van der Waals surface area contributed by atoms with Crippen LogP contribution >= 0.6 is 0 Å². The molecule has 1 amide bonds. The van der Waals surface area contributed by atoms with Gasteiger partial charge in [0.25, 0.3) is 17.2 Å². The SMILES string of the molecule is CC1c2cccn2CCN1C(=O)c1cnc2nc[nH]n2c1=O. The van der Waals surface area contributed by atoms with E-state index in [0.717, 1.165) is 12.2 Å². The van der Waals surface area contributed by atoms with Crippen molar-refractivity contribution in [2.45, 2.75) is 19.5 Å². The first-order valence-corrected chi connectivity index (χ1v) is 7.04. The average Bonchev–Trinajstić information content (AvgIpc) is 3.16. The number of H-pyrrole nitrogens is 1. The molecular formula is C14H14N6O2. The molecule has 0 saturated heterocycles. The lowest BCUT2D eigenvalue weighted by atomic mass is 10.1. The number of nitrogens with one attached hydrogen (secondary N) is 1. The number of hydrogen-bond acceptors (Lipinski definition) is 4. The van der Waals surface area contributed by atoms with Crippen LogP contribution in [0.15, 0.2) is 35.6 Å². The molecule has 1 N–H and O–H groups in total. The minimum Gasteiger partial charge on any atom is -0.348 e. The number of rotatable bonds is 1. The molecule has 4 heterocycles. The Kier molecular flexibility index (Phi) is 2.65. The van der Waals surface area contributed by atoms with Crippen molar-refractivity contribution in [3.63, 3.8) is 0 Å². The lowest BCUT2D eigenvalue weighted by molar-refractivity contribution is 0.0641. The normalized spacial score (nSPS) is 17.7. The number of aromatic nitrogens is 5. The van der Waals surface area contributed by atoms with Gasteiger partial charge < -0.3 is 9.47 Å². The molecule has 8 nitrogen and oxygen atoms in total. The molecule has 4 rings (SSSR count). The van der Waals surface area contributed by atoms with E-state index in [0.29, 0.717) is 6.54 Å². The first kappa shape index (κ1) is 12.8. The topological polar surface area (TPSA) is 88.3 Å². The van der Waals surface area contributed by atoms with Crippen LogP contribution in [0.5, 0.6) is 0 Å². The minimum absolute atomic E-state index is 0.0496. The van der Waals surface area contributed by atoms with Gasteiger partial charge in [-0.2, -0.15) is 4.52 Å². The number of carbonyl (C=O) groups is 1. The van der Waals surface area contributed by atoms with Gasteiger partial charge in [0.05, 0.1) is 6.04 Å². The fraction of sp³-hybridized carbons (Fsp3) is 0.286.